The Morgan fingerprint density at radius 2 is 2.00 bits per heavy atom. The van der Waals surface area contributed by atoms with Crippen molar-refractivity contribution in [1.82, 2.24) is 5.32 Å². The normalized spacial score (nSPS) is 18.9. The summed E-state index contributed by atoms with van der Waals surface area (Å²) in [6.07, 6.45) is 4.76. The van der Waals surface area contributed by atoms with E-state index in [-0.39, 0.29) is 5.60 Å². The molecule has 1 N–H and O–H groups in total. The molecule has 1 aromatic carbocycles. The second kappa shape index (κ2) is 6.06. The van der Waals surface area contributed by atoms with Crippen LogP contribution in [0.3, 0.4) is 0 Å². The molecule has 1 atom stereocenters. The molecule has 0 amide bonds. The molecule has 0 bridgehead atoms. The molecule has 0 aliphatic heterocycles. The van der Waals surface area contributed by atoms with E-state index < -0.39 is 0 Å². The van der Waals surface area contributed by atoms with Gasteiger partial charge in [-0.25, -0.2) is 0 Å². The third kappa shape index (κ3) is 2.85. The summed E-state index contributed by atoms with van der Waals surface area (Å²) >= 11 is 0. The fraction of sp³-hybridized carbons (Fsp3) is 0.647. The Morgan fingerprint density at radius 3 is 2.47 bits per heavy atom. The average Bonchev–Trinajstić information content (AvgIpc) is 2.36. The van der Waals surface area contributed by atoms with E-state index in [4.69, 9.17) is 4.74 Å². The van der Waals surface area contributed by atoms with E-state index in [9.17, 15) is 0 Å². The third-order valence-corrected chi connectivity index (χ3v) is 4.60. The van der Waals surface area contributed by atoms with E-state index >= 15 is 0 Å². The highest BCUT2D eigenvalue weighted by Crippen LogP contribution is 2.45. The van der Waals surface area contributed by atoms with Crippen molar-refractivity contribution in [2.45, 2.75) is 58.1 Å². The Labute approximate surface area is 117 Å². The van der Waals surface area contributed by atoms with Crippen LogP contribution in [-0.4, -0.2) is 19.3 Å². The topological polar surface area (TPSA) is 21.3 Å². The summed E-state index contributed by atoms with van der Waals surface area (Å²) in [6, 6.07) is 7.13. The number of benzene rings is 1. The van der Waals surface area contributed by atoms with Gasteiger partial charge < -0.3 is 10.1 Å². The minimum Gasteiger partial charge on any atom is -0.376 e. The Hall–Kier alpha value is -0.860. The van der Waals surface area contributed by atoms with E-state index in [1.165, 1.54) is 23.1 Å². The first kappa shape index (κ1) is 14.5. The fourth-order valence-electron chi connectivity index (χ4n) is 2.98. The van der Waals surface area contributed by atoms with Gasteiger partial charge in [0, 0.05) is 7.11 Å². The molecule has 1 saturated carbocycles. The molecule has 1 aromatic rings. The maximum absolute atomic E-state index is 5.89. The van der Waals surface area contributed by atoms with Gasteiger partial charge in [-0.3, -0.25) is 0 Å². The van der Waals surface area contributed by atoms with Crippen LogP contribution in [0.5, 0.6) is 0 Å². The van der Waals surface area contributed by atoms with Crippen molar-refractivity contribution in [3.05, 3.63) is 34.9 Å². The number of methoxy groups -OCH3 is 1. The second-order valence-corrected chi connectivity index (χ2v) is 5.85. The molecule has 106 valence electrons. The number of nitrogens with one attached hydrogen (secondary N) is 1. The van der Waals surface area contributed by atoms with Crippen molar-refractivity contribution in [3.8, 4) is 0 Å². The molecule has 0 saturated heterocycles. The third-order valence-electron chi connectivity index (χ3n) is 4.60. The lowest BCUT2D eigenvalue weighted by Gasteiger charge is -2.47. The van der Waals surface area contributed by atoms with Crippen molar-refractivity contribution in [3.63, 3.8) is 0 Å². The van der Waals surface area contributed by atoms with Gasteiger partial charge in [0.2, 0.25) is 0 Å². The smallest absolute Gasteiger partial charge is 0.0872 e. The van der Waals surface area contributed by atoms with Crippen LogP contribution in [0, 0.1) is 13.8 Å². The summed E-state index contributed by atoms with van der Waals surface area (Å²) < 4.78 is 5.89. The van der Waals surface area contributed by atoms with Gasteiger partial charge in [0.05, 0.1) is 11.6 Å². The minimum absolute atomic E-state index is 0.0108. The molecule has 0 aromatic heterocycles. The molecular weight excluding hydrogens is 234 g/mol. The lowest BCUT2D eigenvalue weighted by molar-refractivity contribution is -0.0997. The van der Waals surface area contributed by atoms with Crippen LogP contribution in [0.25, 0.3) is 0 Å². The summed E-state index contributed by atoms with van der Waals surface area (Å²) in [4.78, 5) is 0. The summed E-state index contributed by atoms with van der Waals surface area (Å²) in [7, 11) is 1.86. The van der Waals surface area contributed by atoms with Gasteiger partial charge in [0.25, 0.3) is 0 Å². The number of aryl methyl sites for hydroxylation is 2. The summed E-state index contributed by atoms with van der Waals surface area (Å²) in [5.41, 5.74) is 4.11. The summed E-state index contributed by atoms with van der Waals surface area (Å²) in [6.45, 7) is 7.62. The van der Waals surface area contributed by atoms with Crippen molar-refractivity contribution in [2.24, 2.45) is 0 Å². The highest BCUT2D eigenvalue weighted by molar-refractivity contribution is 5.33. The van der Waals surface area contributed by atoms with E-state index in [1.54, 1.807) is 0 Å². The van der Waals surface area contributed by atoms with Crippen LogP contribution >= 0.6 is 0 Å². The van der Waals surface area contributed by atoms with Gasteiger partial charge in [-0.1, -0.05) is 25.1 Å². The van der Waals surface area contributed by atoms with Gasteiger partial charge in [0.15, 0.2) is 0 Å². The molecule has 0 heterocycles. The average molecular weight is 261 g/mol. The molecule has 2 rings (SSSR count). The maximum atomic E-state index is 5.89. The van der Waals surface area contributed by atoms with Crippen molar-refractivity contribution >= 4 is 0 Å². The molecule has 1 fully saturated rings. The quantitative estimate of drug-likeness (QED) is 0.838. The van der Waals surface area contributed by atoms with Crippen LogP contribution < -0.4 is 5.32 Å². The second-order valence-electron chi connectivity index (χ2n) is 5.85. The standard InChI is InChI=1S/C17H27NO/c1-5-11-18-16(17(19-4)9-6-10-17)15-8-7-13(2)14(3)12-15/h7-8,12,16,18H,5-6,9-11H2,1-4H3. The van der Waals surface area contributed by atoms with Gasteiger partial charge >= 0.3 is 0 Å². The first-order chi connectivity index (χ1) is 9.13. The van der Waals surface area contributed by atoms with E-state index in [1.807, 2.05) is 7.11 Å². The predicted octanol–water partition coefficient (Wildman–Crippen LogP) is 3.91. The molecular formula is C17H27NO. The molecule has 0 radical (unpaired) electrons. The predicted molar refractivity (Wildman–Crippen MR) is 80.5 cm³/mol. The Morgan fingerprint density at radius 1 is 1.26 bits per heavy atom. The molecule has 2 nitrogen and oxygen atoms in total. The first-order valence-corrected chi connectivity index (χ1v) is 7.48. The van der Waals surface area contributed by atoms with Crippen molar-refractivity contribution in [1.29, 1.82) is 0 Å². The summed E-state index contributed by atoms with van der Waals surface area (Å²) in [5.74, 6) is 0. The van der Waals surface area contributed by atoms with Crippen LogP contribution in [0.2, 0.25) is 0 Å². The van der Waals surface area contributed by atoms with Gasteiger partial charge in [-0.2, -0.15) is 0 Å². The van der Waals surface area contributed by atoms with Crippen LogP contribution in [0.1, 0.15) is 55.3 Å². The lowest BCUT2D eigenvalue weighted by Crippen LogP contribution is -2.50. The van der Waals surface area contributed by atoms with Gasteiger partial charge in [0.1, 0.15) is 0 Å². The van der Waals surface area contributed by atoms with Gasteiger partial charge in [-0.15, -0.1) is 0 Å². The number of hydrogen-bond acceptors (Lipinski definition) is 2. The maximum Gasteiger partial charge on any atom is 0.0872 e. The SMILES string of the molecule is CCCNC(c1ccc(C)c(C)c1)C1(OC)CCC1. The molecule has 1 aliphatic carbocycles. The molecule has 19 heavy (non-hydrogen) atoms. The van der Waals surface area contributed by atoms with E-state index in [2.05, 4.69) is 44.3 Å². The fourth-order valence-corrected chi connectivity index (χ4v) is 2.98. The highest BCUT2D eigenvalue weighted by Gasteiger charge is 2.44. The van der Waals surface area contributed by atoms with Crippen molar-refractivity contribution in [2.75, 3.05) is 13.7 Å². The zero-order valence-electron chi connectivity index (χ0n) is 12.8. The van der Waals surface area contributed by atoms with Crippen LogP contribution in [0.4, 0.5) is 0 Å². The minimum atomic E-state index is 0.0108. The molecule has 0 spiro atoms. The monoisotopic (exact) mass is 261 g/mol. The Kier molecular flexibility index (Phi) is 4.64. The van der Waals surface area contributed by atoms with Gasteiger partial charge in [-0.05, 0) is 62.8 Å². The number of hydrogen-bond donors (Lipinski definition) is 1. The molecule has 1 aliphatic rings. The largest absolute Gasteiger partial charge is 0.376 e. The Balaban J connectivity index is 2.28. The Bertz CT molecular complexity index is 418. The number of rotatable bonds is 6. The lowest BCUT2D eigenvalue weighted by atomic mass is 9.72. The number of ether oxygens (including phenoxy) is 1. The van der Waals surface area contributed by atoms with E-state index in [0.717, 1.165) is 25.8 Å². The summed E-state index contributed by atoms with van der Waals surface area (Å²) in [5, 5.41) is 3.70. The van der Waals surface area contributed by atoms with Crippen LogP contribution in [-0.2, 0) is 4.74 Å². The zero-order chi connectivity index (χ0) is 13.9. The van der Waals surface area contributed by atoms with Crippen molar-refractivity contribution < 1.29 is 4.74 Å². The molecule has 2 heteroatoms. The zero-order valence-corrected chi connectivity index (χ0v) is 12.8. The highest BCUT2D eigenvalue weighted by atomic mass is 16.5. The first-order valence-electron chi connectivity index (χ1n) is 7.48. The molecule has 1 unspecified atom stereocenters. The van der Waals surface area contributed by atoms with Crippen LogP contribution in [0.15, 0.2) is 18.2 Å². The van der Waals surface area contributed by atoms with E-state index in [0.29, 0.717) is 6.04 Å².